The van der Waals surface area contributed by atoms with Crippen LogP contribution in [0.4, 0.5) is 17.6 Å². The van der Waals surface area contributed by atoms with Crippen LogP contribution in [-0.2, 0) is 6.54 Å². The molecule has 0 amide bonds. The number of benzene rings is 1. The first-order valence-corrected chi connectivity index (χ1v) is 12.0. The fourth-order valence-electron chi connectivity index (χ4n) is 4.67. The van der Waals surface area contributed by atoms with E-state index >= 15 is 0 Å². The number of hydrogen-bond donors (Lipinski definition) is 2. The van der Waals surface area contributed by atoms with E-state index < -0.39 is 0 Å². The van der Waals surface area contributed by atoms with Gasteiger partial charge in [0.25, 0.3) is 0 Å². The smallest absolute Gasteiger partial charge is 0.232 e. The Bertz CT molecular complexity index is 905. The van der Waals surface area contributed by atoms with E-state index in [-0.39, 0.29) is 0 Å². The summed E-state index contributed by atoms with van der Waals surface area (Å²) in [7, 11) is 1.67. The number of hydrogen-bond acceptors (Lipinski definition) is 6. The summed E-state index contributed by atoms with van der Waals surface area (Å²) in [6, 6.07) is 10.1. The van der Waals surface area contributed by atoms with Gasteiger partial charge in [-0.15, -0.1) is 0 Å². The van der Waals surface area contributed by atoms with Crippen LogP contribution >= 0.6 is 12.2 Å². The highest BCUT2D eigenvalue weighted by molar-refractivity contribution is 7.80. The van der Waals surface area contributed by atoms with Crippen molar-refractivity contribution >= 4 is 34.9 Å². The molecule has 2 fully saturated rings. The van der Waals surface area contributed by atoms with Gasteiger partial charge in [0, 0.05) is 38.8 Å². The van der Waals surface area contributed by atoms with Crippen LogP contribution in [0.1, 0.15) is 38.7 Å². The number of methoxy groups -OCH3 is 1. The predicted octanol–water partition coefficient (Wildman–Crippen LogP) is 4.05. The van der Waals surface area contributed by atoms with Crippen LogP contribution in [0.25, 0.3) is 0 Å². The molecule has 1 aromatic heterocycles. The average Bonchev–Trinajstić information content (AvgIpc) is 3.32. The first-order chi connectivity index (χ1) is 15.5. The van der Waals surface area contributed by atoms with E-state index in [1.54, 1.807) is 7.11 Å². The van der Waals surface area contributed by atoms with Crippen LogP contribution < -0.4 is 25.2 Å². The van der Waals surface area contributed by atoms with E-state index in [9.17, 15) is 0 Å². The monoisotopic (exact) mass is 454 g/mol. The maximum absolute atomic E-state index is 5.54. The topological polar surface area (TPSA) is 65.6 Å². The minimum atomic E-state index is 0.519. The fourth-order valence-corrected chi connectivity index (χ4v) is 4.83. The standard InChI is InChI=1S/C24H34N6OS/c1-17-12-18(2)16-30(15-17)22-13-21(29-10-4-5-11-29)26-23(27-22)28-24(32)25-14-19-6-8-20(31-3)9-7-19/h6-9,13,17-18H,4-5,10-12,14-16H2,1-3H3,(H2,25,26,27,28,32). The van der Waals surface area contributed by atoms with Crippen molar-refractivity contribution in [2.45, 2.75) is 39.7 Å². The third-order valence-electron chi connectivity index (χ3n) is 6.16. The van der Waals surface area contributed by atoms with Crippen molar-refractivity contribution in [2.24, 2.45) is 11.8 Å². The highest BCUT2D eigenvalue weighted by Crippen LogP contribution is 2.29. The summed E-state index contributed by atoms with van der Waals surface area (Å²) < 4.78 is 5.22. The Morgan fingerprint density at radius 1 is 1.03 bits per heavy atom. The van der Waals surface area contributed by atoms with E-state index in [0.29, 0.717) is 29.4 Å². The average molecular weight is 455 g/mol. The van der Waals surface area contributed by atoms with Crippen molar-refractivity contribution in [1.82, 2.24) is 15.3 Å². The molecule has 0 saturated carbocycles. The Labute approximate surface area is 196 Å². The second-order valence-electron chi connectivity index (χ2n) is 9.11. The molecule has 2 aliphatic heterocycles. The normalized spacial score (nSPS) is 20.8. The van der Waals surface area contributed by atoms with Crippen LogP contribution in [0.2, 0.25) is 0 Å². The second-order valence-corrected chi connectivity index (χ2v) is 9.52. The predicted molar refractivity (Wildman–Crippen MR) is 135 cm³/mol. The summed E-state index contributed by atoms with van der Waals surface area (Å²) in [4.78, 5) is 14.4. The van der Waals surface area contributed by atoms with Gasteiger partial charge in [-0.3, -0.25) is 0 Å². The molecule has 2 aliphatic rings. The second kappa shape index (κ2) is 10.3. The molecule has 0 bridgehead atoms. The molecule has 4 rings (SSSR count). The first-order valence-electron chi connectivity index (χ1n) is 11.6. The molecule has 2 aromatic rings. The zero-order valence-corrected chi connectivity index (χ0v) is 20.1. The molecular formula is C24H34N6OS. The van der Waals surface area contributed by atoms with Gasteiger partial charge in [0.05, 0.1) is 7.11 Å². The van der Waals surface area contributed by atoms with Crippen LogP contribution in [-0.4, -0.2) is 48.4 Å². The van der Waals surface area contributed by atoms with E-state index in [4.69, 9.17) is 26.9 Å². The van der Waals surface area contributed by atoms with Crippen molar-refractivity contribution in [3.63, 3.8) is 0 Å². The van der Waals surface area contributed by atoms with Gasteiger partial charge < -0.3 is 25.2 Å². The van der Waals surface area contributed by atoms with E-state index in [1.807, 2.05) is 24.3 Å². The molecule has 0 radical (unpaired) electrons. The van der Waals surface area contributed by atoms with Crippen LogP contribution in [0, 0.1) is 11.8 Å². The summed E-state index contributed by atoms with van der Waals surface area (Å²) in [6.45, 7) is 9.41. The number of nitrogens with zero attached hydrogens (tertiary/aromatic N) is 4. The zero-order chi connectivity index (χ0) is 22.5. The summed E-state index contributed by atoms with van der Waals surface area (Å²) in [6.07, 6.45) is 3.69. The Kier molecular flexibility index (Phi) is 7.29. The Hall–Kier alpha value is -2.61. The lowest BCUT2D eigenvalue weighted by atomic mass is 9.92. The number of piperidine rings is 1. The van der Waals surface area contributed by atoms with Crippen molar-refractivity contribution in [2.75, 3.05) is 48.4 Å². The van der Waals surface area contributed by atoms with Crippen LogP contribution in [0.15, 0.2) is 30.3 Å². The number of ether oxygens (including phenoxy) is 1. The minimum absolute atomic E-state index is 0.519. The van der Waals surface area contributed by atoms with Gasteiger partial charge in [0.15, 0.2) is 5.11 Å². The molecule has 7 nitrogen and oxygen atoms in total. The lowest BCUT2D eigenvalue weighted by Gasteiger charge is -2.36. The summed E-state index contributed by atoms with van der Waals surface area (Å²) >= 11 is 5.54. The molecule has 2 saturated heterocycles. The van der Waals surface area contributed by atoms with Crippen molar-refractivity contribution < 1.29 is 4.74 Å². The van der Waals surface area contributed by atoms with Crippen LogP contribution in [0.5, 0.6) is 5.75 Å². The molecule has 172 valence electrons. The van der Waals surface area contributed by atoms with Gasteiger partial charge in [0.1, 0.15) is 17.4 Å². The van der Waals surface area contributed by atoms with Gasteiger partial charge in [-0.2, -0.15) is 9.97 Å². The van der Waals surface area contributed by atoms with Gasteiger partial charge in [-0.1, -0.05) is 26.0 Å². The van der Waals surface area contributed by atoms with E-state index in [2.05, 4.69) is 40.3 Å². The quantitative estimate of drug-likeness (QED) is 0.634. The minimum Gasteiger partial charge on any atom is -0.497 e. The first kappa shape index (κ1) is 22.6. The molecular weight excluding hydrogens is 420 g/mol. The van der Waals surface area contributed by atoms with E-state index in [1.165, 1.54) is 19.3 Å². The van der Waals surface area contributed by atoms with Crippen LogP contribution in [0.3, 0.4) is 0 Å². The largest absolute Gasteiger partial charge is 0.497 e. The number of nitrogens with one attached hydrogen (secondary N) is 2. The van der Waals surface area contributed by atoms with Crippen molar-refractivity contribution in [3.05, 3.63) is 35.9 Å². The van der Waals surface area contributed by atoms with Gasteiger partial charge in [-0.25, -0.2) is 0 Å². The van der Waals surface area contributed by atoms with Gasteiger partial charge >= 0.3 is 0 Å². The lowest BCUT2D eigenvalue weighted by Crippen LogP contribution is -2.39. The number of rotatable bonds is 6. The highest BCUT2D eigenvalue weighted by atomic mass is 32.1. The highest BCUT2D eigenvalue weighted by Gasteiger charge is 2.25. The molecule has 2 N–H and O–H groups in total. The van der Waals surface area contributed by atoms with Crippen molar-refractivity contribution in [1.29, 1.82) is 0 Å². The molecule has 2 atom stereocenters. The Balaban J connectivity index is 1.47. The molecule has 2 unspecified atom stereocenters. The number of anilines is 3. The third kappa shape index (κ3) is 5.79. The molecule has 3 heterocycles. The Morgan fingerprint density at radius 3 is 2.28 bits per heavy atom. The van der Waals surface area contributed by atoms with Gasteiger partial charge in [-0.05, 0) is 61.0 Å². The van der Waals surface area contributed by atoms with Gasteiger partial charge in [0.2, 0.25) is 5.95 Å². The SMILES string of the molecule is COc1ccc(CNC(=S)Nc2nc(N3CCCC3)cc(N3CC(C)CC(C)C3)n2)cc1. The summed E-state index contributed by atoms with van der Waals surface area (Å²) in [5, 5.41) is 7.00. The van der Waals surface area contributed by atoms with Crippen molar-refractivity contribution in [3.8, 4) is 5.75 Å². The third-order valence-corrected chi connectivity index (χ3v) is 6.41. The lowest BCUT2D eigenvalue weighted by molar-refractivity contribution is 0.355. The summed E-state index contributed by atoms with van der Waals surface area (Å²) in [5.41, 5.74) is 1.12. The maximum Gasteiger partial charge on any atom is 0.232 e. The molecule has 32 heavy (non-hydrogen) atoms. The fraction of sp³-hybridized carbons (Fsp3) is 0.542. The Morgan fingerprint density at radius 2 is 1.66 bits per heavy atom. The van der Waals surface area contributed by atoms with E-state index in [0.717, 1.165) is 49.1 Å². The summed E-state index contributed by atoms with van der Waals surface area (Å²) in [5.74, 6) is 4.69. The maximum atomic E-state index is 5.54. The molecule has 0 aliphatic carbocycles. The number of aromatic nitrogens is 2. The molecule has 8 heteroatoms. The number of thiocarbonyl (C=S) groups is 1. The zero-order valence-electron chi connectivity index (χ0n) is 19.3. The molecule has 0 spiro atoms. The molecule has 1 aromatic carbocycles.